The summed E-state index contributed by atoms with van der Waals surface area (Å²) in [4.78, 5) is 9.85. The summed E-state index contributed by atoms with van der Waals surface area (Å²) in [5.41, 5.74) is 8.27. The second kappa shape index (κ2) is 7.76. The second-order valence-corrected chi connectivity index (χ2v) is 6.15. The summed E-state index contributed by atoms with van der Waals surface area (Å²) in [6.45, 7) is 8.45. The number of hydrogen-bond donors (Lipinski definition) is 1. The molecule has 0 spiro atoms. The molecule has 4 heteroatoms. The summed E-state index contributed by atoms with van der Waals surface area (Å²) >= 11 is 0. The van der Waals surface area contributed by atoms with Crippen LogP contribution in [0, 0.1) is 0 Å². The molecule has 1 aromatic rings. The lowest BCUT2D eigenvalue weighted by Crippen LogP contribution is -2.40. The fourth-order valence-corrected chi connectivity index (χ4v) is 3.18. The summed E-state index contributed by atoms with van der Waals surface area (Å²) in [6, 6.07) is 4.90. The molecule has 1 aliphatic rings. The summed E-state index contributed by atoms with van der Waals surface area (Å²) < 4.78 is 0. The number of pyridine rings is 1. The number of nitrogens with zero attached hydrogens (tertiary/aromatic N) is 3. The van der Waals surface area contributed by atoms with Crippen LogP contribution in [0.3, 0.4) is 0 Å². The molecule has 2 N–H and O–H groups in total. The molecule has 4 nitrogen and oxygen atoms in total. The highest BCUT2D eigenvalue weighted by Gasteiger charge is 2.23. The van der Waals surface area contributed by atoms with Gasteiger partial charge in [0.05, 0.1) is 0 Å². The molecule has 1 aliphatic heterocycles. The van der Waals surface area contributed by atoms with Gasteiger partial charge in [0.15, 0.2) is 0 Å². The van der Waals surface area contributed by atoms with E-state index in [-0.39, 0.29) is 0 Å². The van der Waals surface area contributed by atoms with Gasteiger partial charge in [-0.3, -0.25) is 0 Å². The van der Waals surface area contributed by atoms with Crippen LogP contribution in [0.1, 0.15) is 44.4 Å². The van der Waals surface area contributed by atoms with Gasteiger partial charge in [0, 0.05) is 31.4 Å². The number of hydrogen-bond acceptors (Lipinski definition) is 4. The van der Waals surface area contributed by atoms with Crippen LogP contribution in [0.25, 0.3) is 0 Å². The Labute approximate surface area is 129 Å². The first-order chi connectivity index (χ1) is 10.2. The molecule has 1 atom stereocenters. The molecule has 1 aromatic heterocycles. The van der Waals surface area contributed by atoms with Crippen LogP contribution in [0.4, 0.5) is 5.82 Å². The molecule has 0 amide bonds. The van der Waals surface area contributed by atoms with Gasteiger partial charge in [0.2, 0.25) is 0 Å². The average Bonchev–Trinajstić information content (AvgIpc) is 2.68. The highest BCUT2D eigenvalue weighted by atomic mass is 15.3. The highest BCUT2D eigenvalue weighted by molar-refractivity contribution is 5.44. The van der Waals surface area contributed by atoms with Crippen molar-refractivity contribution >= 4 is 5.82 Å². The number of anilines is 1. The van der Waals surface area contributed by atoms with E-state index < -0.39 is 0 Å². The maximum absolute atomic E-state index is 5.88. The molecule has 0 radical (unpaired) electrons. The van der Waals surface area contributed by atoms with Crippen molar-refractivity contribution in [2.45, 2.75) is 52.1 Å². The molecule has 1 unspecified atom stereocenters. The Morgan fingerprint density at radius 3 is 2.76 bits per heavy atom. The normalized spacial score (nSPS) is 20.6. The predicted octanol–water partition coefficient (Wildman–Crippen LogP) is 2.41. The summed E-state index contributed by atoms with van der Waals surface area (Å²) in [5, 5.41) is 0. The third-order valence-corrected chi connectivity index (χ3v) is 4.33. The third kappa shape index (κ3) is 4.17. The molecule has 1 fully saturated rings. The fraction of sp³-hybridized carbons (Fsp3) is 0.706. The van der Waals surface area contributed by atoms with Gasteiger partial charge in [0.25, 0.3) is 0 Å². The van der Waals surface area contributed by atoms with Crippen molar-refractivity contribution < 1.29 is 0 Å². The van der Waals surface area contributed by atoms with Crippen LogP contribution in [0.15, 0.2) is 12.1 Å². The standard InChI is InChI=1S/C17H30N4/c1-4-7-15-10-14(12-18)11-17(19-15)21-9-6-8-20(3)13-16(21)5-2/h10-11,16H,4-9,12-13,18H2,1-3H3. The lowest BCUT2D eigenvalue weighted by molar-refractivity contribution is 0.327. The van der Waals surface area contributed by atoms with E-state index in [1.54, 1.807) is 0 Å². The van der Waals surface area contributed by atoms with E-state index >= 15 is 0 Å². The molecule has 118 valence electrons. The van der Waals surface area contributed by atoms with Crippen LogP contribution in [0.5, 0.6) is 0 Å². The van der Waals surface area contributed by atoms with Gasteiger partial charge in [-0.25, -0.2) is 4.98 Å². The van der Waals surface area contributed by atoms with Gasteiger partial charge in [-0.1, -0.05) is 20.3 Å². The Kier molecular flexibility index (Phi) is 6.00. The van der Waals surface area contributed by atoms with Crippen LogP contribution in [-0.4, -0.2) is 42.6 Å². The Morgan fingerprint density at radius 2 is 2.10 bits per heavy atom. The Bertz CT molecular complexity index is 446. The van der Waals surface area contributed by atoms with E-state index in [0.29, 0.717) is 12.6 Å². The SMILES string of the molecule is CCCc1cc(CN)cc(N2CCCN(C)CC2CC)n1. The topological polar surface area (TPSA) is 45.4 Å². The van der Waals surface area contributed by atoms with Gasteiger partial charge in [0.1, 0.15) is 5.82 Å². The van der Waals surface area contributed by atoms with E-state index in [1.165, 1.54) is 24.2 Å². The molecule has 1 saturated heterocycles. The summed E-state index contributed by atoms with van der Waals surface area (Å²) in [5.74, 6) is 1.13. The molecular weight excluding hydrogens is 260 g/mol. The maximum atomic E-state index is 5.88. The minimum absolute atomic E-state index is 0.549. The van der Waals surface area contributed by atoms with E-state index in [0.717, 1.165) is 38.2 Å². The number of aryl methyl sites for hydroxylation is 1. The Hall–Kier alpha value is -1.13. The molecule has 2 heterocycles. The Morgan fingerprint density at radius 1 is 1.29 bits per heavy atom. The lowest BCUT2D eigenvalue weighted by Gasteiger charge is -2.32. The van der Waals surface area contributed by atoms with Gasteiger partial charge >= 0.3 is 0 Å². The average molecular weight is 290 g/mol. The molecule has 21 heavy (non-hydrogen) atoms. The maximum Gasteiger partial charge on any atom is 0.129 e. The lowest BCUT2D eigenvalue weighted by atomic mass is 10.1. The van der Waals surface area contributed by atoms with Crippen LogP contribution >= 0.6 is 0 Å². The number of aromatic nitrogens is 1. The van der Waals surface area contributed by atoms with E-state index in [9.17, 15) is 0 Å². The first kappa shape index (κ1) is 16.2. The zero-order valence-electron chi connectivity index (χ0n) is 13.8. The number of nitrogens with two attached hydrogens (primary N) is 1. The van der Waals surface area contributed by atoms with Crippen molar-refractivity contribution in [3.05, 3.63) is 23.4 Å². The number of rotatable bonds is 5. The fourth-order valence-electron chi connectivity index (χ4n) is 3.18. The van der Waals surface area contributed by atoms with Crippen LogP contribution in [-0.2, 0) is 13.0 Å². The van der Waals surface area contributed by atoms with Crippen LogP contribution < -0.4 is 10.6 Å². The summed E-state index contributed by atoms with van der Waals surface area (Å²) in [7, 11) is 2.22. The first-order valence-corrected chi connectivity index (χ1v) is 8.33. The second-order valence-electron chi connectivity index (χ2n) is 6.15. The minimum Gasteiger partial charge on any atom is -0.352 e. The van der Waals surface area contributed by atoms with E-state index in [2.05, 4.69) is 42.8 Å². The third-order valence-electron chi connectivity index (χ3n) is 4.33. The predicted molar refractivity (Wildman–Crippen MR) is 89.7 cm³/mol. The smallest absolute Gasteiger partial charge is 0.129 e. The molecule has 0 bridgehead atoms. The molecule has 0 aliphatic carbocycles. The number of likely N-dealkylation sites (N-methyl/N-ethyl adjacent to an activating group) is 1. The molecular formula is C17H30N4. The van der Waals surface area contributed by atoms with E-state index in [1.807, 2.05) is 0 Å². The summed E-state index contributed by atoms with van der Waals surface area (Å²) in [6.07, 6.45) is 4.51. The van der Waals surface area contributed by atoms with Gasteiger partial charge < -0.3 is 15.5 Å². The molecule has 0 saturated carbocycles. The van der Waals surface area contributed by atoms with Gasteiger partial charge in [-0.2, -0.15) is 0 Å². The first-order valence-electron chi connectivity index (χ1n) is 8.33. The van der Waals surface area contributed by atoms with E-state index in [4.69, 9.17) is 10.7 Å². The zero-order chi connectivity index (χ0) is 15.2. The van der Waals surface area contributed by atoms with Crippen LogP contribution in [0.2, 0.25) is 0 Å². The van der Waals surface area contributed by atoms with Gasteiger partial charge in [-0.15, -0.1) is 0 Å². The monoisotopic (exact) mass is 290 g/mol. The van der Waals surface area contributed by atoms with Crippen molar-refractivity contribution in [1.82, 2.24) is 9.88 Å². The minimum atomic E-state index is 0.549. The van der Waals surface area contributed by atoms with Crippen molar-refractivity contribution in [3.63, 3.8) is 0 Å². The van der Waals surface area contributed by atoms with Crippen molar-refractivity contribution in [2.24, 2.45) is 5.73 Å². The van der Waals surface area contributed by atoms with Crippen molar-refractivity contribution in [2.75, 3.05) is 31.6 Å². The quantitative estimate of drug-likeness (QED) is 0.904. The molecule has 0 aromatic carbocycles. The van der Waals surface area contributed by atoms with Crippen molar-refractivity contribution in [3.8, 4) is 0 Å². The molecule has 2 rings (SSSR count). The van der Waals surface area contributed by atoms with Gasteiger partial charge in [-0.05, 0) is 50.6 Å². The highest BCUT2D eigenvalue weighted by Crippen LogP contribution is 2.22. The Balaban J connectivity index is 2.30. The zero-order valence-corrected chi connectivity index (χ0v) is 13.8. The largest absolute Gasteiger partial charge is 0.352 e. The van der Waals surface area contributed by atoms with Crippen molar-refractivity contribution in [1.29, 1.82) is 0 Å².